The van der Waals surface area contributed by atoms with Crippen LogP contribution < -0.4 is 0 Å². The maximum Gasteiger partial charge on any atom is 0.338 e. The predicted octanol–water partition coefficient (Wildman–Crippen LogP) is 2.82. The van der Waals surface area contributed by atoms with E-state index in [2.05, 4.69) is 22.6 Å². The lowest BCUT2D eigenvalue weighted by Gasteiger charge is -2.05. The summed E-state index contributed by atoms with van der Waals surface area (Å²) < 4.78 is 5.81. The molecule has 3 nitrogen and oxygen atoms in total. The summed E-state index contributed by atoms with van der Waals surface area (Å²) in [5.41, 5.74) is 1.25. The molecule has 0 N–H and O–H groups in total. The highest BCUT2D eigenvalue weighted by Crippen LogP contribution is 2.14. The lowest BCUT2D eigenvalue weighted by Crippen LogP contribution is -2.08. The molecule has 0 aliphatic carbocycles. The summed E-state index contributed by atoms with van der Waals surface area (Å²) in [6, 6.07) is 5.26. The van der Waals surface area contributed by atoms with Crippen molar-refractivity contribution in [3.8, 4) is 0 Å². The average molecular weight is 367 g/mol. The van der Waals surface area contributed by atoms with E-state index in [0.29, 0.717) is 12.2 Å². The van der Waals surface area contributed by atoms with E-state index < -0.39 is 0 Å². The smallest absolute Gasteiger partial charge is 0.338 e. The number of hydrogen-bond acceptors (Lipinski definition) is 3. The minimum absolute atomic E-state index is 0.0137. The van der Waals surface area contributed by atoms with Gasteiger partial charge in [0.15, 0.2) is 5.78 Å². The summed E-state index contributed by atoms with van der Waals surface area (Å²) in [5, 5.41) is 0. The molecule has 1 rings (SSSR count). The highest BCUT2D eigenvalue weighted by Gasteiger charge is 2.10. The van der Waals surface area contributed by atoms with Gasteiger partial charge >= 0.3 is 5.97 Å². The first-order valence-electron chi connectivity index (χ1n) is 5.11. The number of benzene rings is 1. The molecule has 0 fully saturated rings. The zero-order chi connectivity index (χ0) is 12.8. The van der Waals surface area contributed by atoms with Crippen LogP contribution in [0.3, 0.4) is 0 Å². The van der Waals surface area contributed by atoms with Crippen molar-refractivity contribution in [3.05, 3.63) is 32.9 Å². The number of carbonyl (C=O) groups excluding carboxylic acids is 2. The number of halogens is 2. The standard InChI is InChI=1S/C12H12ClIO3/c1-2-17-12(16)9-3-8(4-10(14)6-9)5-11(15)7-13/h3-4,6H,2,5,7H2,1H3. The second kappa shape index (κ2) is 6.96. The summed E-state index contributed by atoms with van der Waals surface area (Å²) >= 11 is 7.55. The van der Waals surface area contributed by atoms with Gasteiger partial charge in [-0.05, 0) is 53.3 Å². The number of alkyl halides is 1. The van der Waals surface area contributed by atoms with Crippen LogP contribution in [-0.4, -0.2) is 24.2 Å². The third-order valence-corrected chi connectivity index (χ3v) is 2.94. The normalized spacial score (nSPS) is 10.1. The van der Waals surface area contributed by atoms with Gasteiger partial charge in [0.1, 0.15) is 0 Å². The van der Waals surface area contributed by atoms with Gasteiger partial charge in [0.2, 0.25) is 0 Å². The van der Waals surface area contributed by atoms with Gasteiger partial charge in [-0.15, -0.1) is 11.6 Å². The molecule has 0 aliphatic heterocycles. The van der Waals surface area contributed by atoms with Crippen LogP contribution in [0.1, 0.15) is 22.8 Å². The van der Waals surface area contributed by atoms with Crippen LogP contribution in [0.4, 0.5) is 0 Å². The van der Waals surface area contributed by atoms with Crippen LogP contribution in [0.25, 0.3) is 0 Å². The second-order valence-corrected chi connectivity index (χ2v) is 4.93. The van der Waals surface area contributed by atoms with E-state index in [1.54, 1.807) is 19.1 Å². The first-order valence-corrected chi connectivity index (χ1v) is 6.72. The highest BCUT2D eigenvalue weighted by molar-refractivity contribution is 14.1. The monoisotopic (exact) mass is 366 g/mol. The van der Waals surface area contributed by atoms with Crippen LogP contribution in [-0.2, 0) is 16.0 Å². The Morgan fingerprint density at radius 1 is 1.35 bits per heavy atom. The number of ether oxygens (including phenoxy) is 1. The predicted molar refractivity (Wildman–Crippen MR) is 74.5 cm³/mol. The number of hydrogen-bond donors (Lipinski definition) is 0. The average Bonchev–Trinajstić information content (AvgIpc) is 2.28. The van der Waals surface area contributed by atoms with Crippen molar-refractivity contribution < 1.29 is 14.3 Å². The molecule has 0 spiro atoms. The Bertz CT molecular complexity index is 432. The fraction of sp³-hybridized carbons (Fsp3) is 0.333. The first-order chi connectivity index (χ1) is 8.06. The minimum atomic E-state index is -0.370. The molecule has 0 radical (unpaired) electrons. The van der Waals surface area contributed by atoms with Gasteiger partial charge in [-0.25, -0.2) is 4.79 Å². The summed E-state index contributed by atoms with van der Waals surface area (Å²) in [5.74, 6) is -0.450. The van der Waals surface area contributed by atoms with E-state index in [0.717, 1.165) is 9.13 Å². The molecule has 0 aliphatic rings. The minimum Gasteiger partial charge on any atom is -0.462 e. The van der Waals surface area contributed by atoms with Crippen molar-refractivity contribution in [1.82, 2.24) is 0 Å². The molecular formula is C12H12ClIO3. The maximum absolute atomic E-state index is 11.6. The fourth-order valence-electron chi connectivity index (χ4n) is 1.36. The fourth-order valence-corrected chi connectivity index (χ4v) is 2.19. The van der Waals surface area contributed by atoms with Gasteiger partial charge in [-0.3, -0.25) is 4.79 Å². The summed E-state index contributed by atoms with van der Waals surface area (Å²) in [7, 11) is 0. The third-order valence-electron chi connectivity index (χ3n) is 2.02. The molecule has 0 saturated carbocycles. The van der Waals surface area contributed by atoms with Gasteiger partial charge in [0.05, 0.1) is 18.1 Å². The lowest BCUT2D eigenvalue weighted by molar-refractivity contribution is -0.116. The van der Waals surface area contributed by atoms with Gasteiger partial charge in [-0.1, -0.05) is 0 Å². The molecule has 0 heterocycles. The zero-order valence-corrected chi connectivity index (χ0v) is 12.2. The van der Waals surface area contributed by atoms with Gasteiger partial charge in [0.25, 0.3) is 0 Å². The number of rotatable bonds is 5. The Kier molecular flexibility index (Phi) is 5.91. The quantitative estimate of drug-likeness (QED) is 0.457. The van der Waals surface area contributed by atoms with Crippen LogP contribution in [0.15, 0.2) is 18.2 Å². The molecule has 0 atom stereocenters. The molecule has 0 aromatic heterocycles. The van der Waals surface area contributed by atoms with Crippen molar-refractivity contribution in [2.45, 2.75) is 13.3 Å². The van der Waals surface area contributed by atoms with E-state index in [1.807, 2.05) is 6.07 Å². The van der Waals surface area contributed by atoms with Gasteiger partial charge in [-0.2, -0.15) is 0 Å². The maximum atomic E-state index is 11.6. The SMILES string of the molecule is CCOC(=O)c1cc(I)cc(CC(=O)CCl)c1. The Labute approximate surface area is 119 Å². The molecule has 5 heteroatoms. The van der Waals surface area contributed by atoms with E-state index in [1.165, 1.54) is 0 Å². The molecular weight excluding hydrogens is 354 g/mol. The van der Waals surface area contributed by atoms with E-state index in [9.17, 15) is 9.59 Å². The van der Waals surface area contributed by atoms with Crippen LogP contribution in [0.2, 0.25) is 0 Å². The molecule has 0 amide bonds. The lowest BCUT2D eigenvalue weighted by atomic mass is 10.1. The molecule has 92 valence electrons. The number of carbonyl (C=O) groups is 2. The first kappa shape index (κ1) is 14.4. The van der Waals surface area contributed by atoms with Crippen molar-refractivity contribution >= 4 is 45.9 Å². The Balaban J connectivity index is 2.93. The molecule has 0 bridgehead atoms. The van der Waals surface area contributed by atoms with Crippen LogP contribution in [0.5, 0.6) is 0 Å². The second-order valence-electron chi connectivity index (χ2n) is 3.42. The molecule has 17 heavy (non-hydrogen) atoms. The van der Waals surface area contributed by atoms with Crippen LogP contribution in [0, 0.1) is 3.57 Å². The summed E-state index contributed by atoms with van der Waals surface area (Å²) in [4.78, 5) is 22.8. The topological polar surface area (TPSA) is 43.4 Å². The van der Waals surface area contributed by atoms with E-state index in [4.69, 9.17) is 16.3 Å². The van der Waals surface area contributed by atoms with Gasteiger partial charge in [0, 0.05) is 9.99 Å². The number of esters is 1. The number of Topliss-reactive ketones (excluding diaryl/α,β-unsaturated/α-hetero) is 1. The van der Waals surface area contributed by atoms with E-state index in [-0.39, 0.29) is 24.1 Å². The molecule has 1 aromatic rings. The van der Waals surface area contributed by atoms with Crippen molar-refractivity contribution in [1.29, 1.82) is 0 Å². The van der Waals surface area contributed by atoms with Crippen molar-refractivity contribution in [2.75, 3.05) is 12.5 Å². The summed E-state index contributed by atoms with van der Waals surface area (Å²) in [6.45, 7) is 2.09. The largest absolute Gasteiger partial charge is 0.462 e. The molecule has 1 aromatic carbocycles. The van der Waals surface area contributed by atoms with Crippen molar-refractivity contribution in [3.63, 3.8) is 0 Å². The Morgan fingerprint density at radius 2 is 2.06 bits per heavy atom. The zero-order valence-electron chi connectivity index (χ0n) is 9.33. The summed E-state index contributed by atoms with van der Waals surface area (Å²) in [6.07, 6.45) is 0.243. The highest BCUT2D eigenvalue weighted by atomic mass is 127. The molecule has 0 unspecified atom stereocenters. The molecule has 0 saturated heterocycles. The number of ketones is 1. The van der Waals surface area contributed by atoms with Crippen molar-refractivity contribution in [2.24, 2.45) is 0 Å². The Hall–Kier alpha value is -0.620. The third kappa shape index (κ3) is 4.63. The Morgan fingerprint density at radius 3 is 2.65 bits per heavy atom. The van der Waals surface area contributed by atoms with Crippen LogP contribution >= 0.6 is 34.2 Å². The van der Waals surface area contributed by atoms with Gasteiger partial charge < -0.3 is 4.74 Å². The van der Waals surface area contributed by atoms with E-state index >= 15 is 0 Å².